The van der Waals surface area contributed by atoms with Crippen LogP contribution in [0.2, 0.25) is 0 Å². The number of hydrogen-bond acceptors (Lipinski definition) is 3. The van der Waals surface area contributed by atoms with E-state index in [0.717, 1.165) is 5.69 Å². The minimum atomic E-state index is -0.724. The summed E-state index contributed by atoms with van der Waals surface area (Å²) in [6, 6.07) is 20.6. The van der Waals surface area contributed by atoms with E-state index in [1.54, 1.807) is 0 Å². The molecule has 0 atom stereocenters. The first kappa shape index (κ1) is 13.7. The van der Waals surface area contributed by atoms with Crippen LogP contribution in [0.3, 0.4) is 0 Å². The van der Waals surface area contributed by atoms with Crippen LogP contribution in [0.1, 0.15) is 12.8 Å². The van der Waals surface area contributed by atoms with Crippen LogP contribution in [0.5, 0.6) is 0 Å². The molecule has 1 aliphatic carbocycles. The molecule has 106 valence electrons. The van der Waals surface area contributed by atoms with E-state index in [0.29, 0.717) is 19.4 Å². The van der Waals surface area contributed by atoms with E-state index in [1.165, 1.54) is 11.1 Å². The first-order chi connectivity index (χ1) is 10.2. The molecule has 0 saturated heterocycles. The maximum atomic E-state index is 10.2. The molecule has 0 aromatic heterocycles. The number of hydrogen-bond donors (Lipinski definition) is 2. The Hall–Kier alpha value is -2.31. The fourth-order valence-corrected chi connectivity index (χ4v) is 2.77. The van der Waals surface area contributed by atoms with E-state index in [-0.39, 0.29) is 5.92 Å². The van der Waals surface area contributed by atoms with Gasteiger partial charge in [-0.2, -0.15) is 5.26 Å². The fraction of sp³-hybridized carbons (Fsp3) is 0.278. The zero-order chi connectivity index (χ0) is 14.7. The lowest BCUT2D eigenvalue weighted by molar-refractivity contribution is -0.0442. The van der Waals surface area contributed by atoms with Gasteiger partial charge in [0.15, 0.2) is 0 Å². The van der Waals surface area contributed by atoms with Crippen molar-refractivity contribution in [3.05, 3.63) is 54.6 Å². The first-order valence-electron chi connectivity index (χ1n) is 7.20. The van der Waals surface area contributed by atoms with Crippen LogP contribution < -0.4 is 5.32 Å². The molecule has 0 aliphatic heterocycles. The zero-order valence-electron chi connectivity index (χ0n) is 11.8. The second kappa shape index (κ2) is 5.59. The maximum absolute atomic E-state index is 10.2. The lowest BCUT2D eigenvalue weighted by atomic mass is 9.71. The molecule has 1 saturated carbocycles. The zero-order valence-corrected chi connectivity index (χ0v) is 11.8. The summed E-state index contributed by atoms with van der Waals surface area (Å²) in [7, 11) is 0. The van der Waals surface area contributed by atoms with E-state index in [1.807, 2.05) is 30.3 Å². The Morgan fingerprint density at radius 1 is 1.05 bits per heavy atom. The Morgan fingerprint density at radius 3 is 2.29 bits per heavy atom. The molecule has 0 radical (unpaired) electrons. The van der Waals surface area contributed by atoms with Gasteiger partial charge in [-0.25, -0.2) is 0 Å². The van der Waals surface area contributed by atoms with Crippen molar-refractivity contribution in [2.75, 3.05) is 11.9 Å². The topological polar surface area (TPSA) is 56.0 Å². The van der Waals surface area contributed by atoms with Crippen LogP contribution >= 0.6 is 0 Å². The molecule has 0 amide bonds. The summed E-state index contributed by atoms with van der Waals surface area (Å²) in [5.74, 6) is 0.0113. The molecule has 21 heavy (non-hydrogen) atoms. The van der Waals surface area contributed by atoms with Crippen molar-refractivity contribution in [3.8, 4) is 17.2 Å². The molecule has 1 fully saturated rings. The van der Waals surface area contributed by atoms with Crippen molar-refractivity contribution in [1.82, 2.24) is 0 Å². The number of rotatable bonds is 4. The summed E-state index contributed by atoms with van der Waals surface area (Å²) < 4.78 is 0. The molecule has 3 rings (SSSR count). The van der Waals surface area contributed by atoms with Crippen molar-refractivity contribution in [2.24, 2.45) is 5.92 Å². The highest BCUT2D eigenvalue weighted by Crippen LogP contribution is 2.37. The van der Waals surface area contributed by atoms with Gasteiger partial charge in [0, 0.05) is 12.2 Å². The van der Waals surface area contributed by atoms with E-state index in [4.69, 9.17) is 5.26 Å². The van der Waals surface area contributed by atoms with Gasteiger partial charge in [-0.1, -0.05) is 42.5 Å². The number of anilines is 1. The maximum Gasteiger partial charge on any atom is 0.0844 e. The number of nitrogens with one attached hydrogen (secondary N) is 1. The molecule has 2 N–H and O–H groups in total. The number of aliphatic hydroxyl groups is 1. The van der Waals surface area contributed by atoms with Gasteiger partial charge in [-0.3, -0.25) is 0 Å². The number of nitriles is 1. The lowest BCUT2D eigenvalue weighted by Gasteiger charge is -2.40. The Balaban J connectivity index is 1.60. The van der Waals surface area contributed by atoms with E-state index in [2.05, 4.69) is 35.7 Å². The predicted molar refractivity (Wildman–Crippen MR) is 83.7 cm³/mol. The van der Waals surface area contributed by atoms with Gasteiger partial charge in [0.25, 0.3) is 0 Å². The highest BCUT2D eigenvalue weighted by atomic mass is 16.3. The highest BCUT2D eigenvalue weighted by Gasteiger charge is 2.42. The molecule has 0 bridgehead atoms. The smallest absolute Gasteiger partial charge is 0.0844 e. The normalized spacial score (nSPS) is 23.9. The molecule has 2 aromatic rings. The molecule has 0 heterocycles. The first-order valence-corrected chi connectivity index (χ1v) is 7.20. The minimum absolute atomic E-state index is 0.0113. The Morgan fingerprint density at radius 2 is 1.67 bits per heavy atom. The fourth-order valence-electron chi connectivity index (χ4n) is 2.77. The van der Waals surface area contributed by atoms with Gasteiger partial charge in [-0.15, -0.1) is 0 Å². The average Bonchev–Trinajstić information content (AvgIpc) is 2.51. The van der Waals surface area contributed by atoms with Crippen molar-refractivity contribution in [3.63, 3.8) is 0 Å². The van der Waals surface area contributed by atoms with Crippen LogP contribution in [0.4, 0.5) is 5.69 Å². The van der Waals surface area contributed by atoms with E-state index in [9.17, 15) is 5.11 Å². The molecular weight excluding hydrogens is 260 g/mol. The van der Waals surface area contributed by atoms with E-state index >= 15 is 0 Å². The molecule has 2 aromatic carbocycles. The summed E-state index contributed by atoms with van der Waals surface area (Å²) >= 11 is 0. The van der Waals surface area contributed by atoms with Gasteiger partial charge in [0.1, 0.15) is 0 Å². The molecular formula is C18H18N2O. The van der Waals surface area contributed by atoms with Gasteiger partial charge >= 0.3 is 0 Å². The quantitative estimate of drug-likeness (QED) is 0.901. The van der Waals surface area contributed by atoms with Crippen LogP contribution in [-0.4, -0.2) is 17.3 Å². The van der Waals surface area contributed by atoms with Crippen LogP contribution in [0, 0.1) is 17.2 Å². The Labute approximate surface area is 124 Å². The van der Waals surface area contributed by atoms with Crippen molar-refractivity contribution < 1.29 is 5.11 Å². The third-order valence-corrected chi connectivity index (χ3v) is 4.05. The molecule has 0 unspecified atom stereocenters. The summed E-state index contributed by atoms with van der Waals surface area (Å²) in [5, 5.41) is 22.2. The van der Waals surface area contributed by atoms with Gasteiger partial charge in [0.2, 0.25) is 0 Å². The lowest BCUT2D eigenvalue weighted by Crippen LogP contribution is -2.48. The van der Waals surface area contributed by atoms with E-state index < -0.39 is 5.60 Å². The SMILES string of the molecule is N#CC1CC(O)(CNc2ccc(-c3ccccc3)cc2)C1. The second-order valence-electron chi connectivity index (χ2n) is 5.76. The average molecular weight is 278 g/mol. The third-order valence-electron chi connectivity index (χ3n) is 4.05. The predicted octanol–water partition coefficient (Wildman–Crippen LogP) is 3.43. The van der Waals surface area contributed by atoms with Crippen LogP contribution in [-0.2, 0) is 0 Å². The van der Waals surface area contributed by atoms with Gasteiger partial charge < -0.3 is 10.4 Å². The highest BCUT2D eigenvalue weighted by molar-refractivity contribution is 5.65. The summed E-state index contributed by atoms with van der Waals surface area (Å²) in [4.78, 5) is 0. The van der Waals surface area contributed by atoms with Crippen LogP contribution in [0.25, 0.3) is 11.1 Å². The summed E-state index contributed by atoms with van der Waals surface area (Å²) in [6.45, 7) is 0.496. The van der Waals surface area contributed by atoms with Gasteiger partial charge in [-0.05, 0) is 36.1 Å². The number of benzene rings is 2. The summed E-state index contributed by atoms with van der Waals surface area (Å²) in [6.07, 6.45) is 1.14. The largest absolute Gasteiger partial charge is 0.388 e. The molecule has 3 heteroatoms. The van der Waals surface area contributed by atoms with Crippen molar-refractivity contribution in [2.45, 2.75) is 18.4 Å². The monoisotopic (exact) mass is 278 g/mol. The number of nitrogens with zero attached hydrogens (tertiary/aromatic N) is 1. The second-order valence-corrected chi connectivity index (χ2v) is 5.76. The third kappa shape index (κ3) is 3.07. The van der Waals surface area contributed by atoms with Gasteiger partial charge in [0.05, 0.1) is 17.6 Å². The van der Waals surface area contributed by atoms with Crippen LogP contribution in [0.15, 0.2) is 54.6 Å². The standard InChI is InChI=1S/C18H18N2O/c19-12-14-10-18(21,11-14)13-20-17-8-6-16(7-9-17)15-4-2-1-3-5-15/h1-9,14,20-21H,10-11,13H2. The Kier molecular flexibility index (Phi) is 3.64. The van der Waals surface area contributed by atoms with Crippen molar-refractivity contribution >= 4 is 5.69 Å². The van der Waals surface area contributed by atoms with Crippen molar-refractivity contribution in [1.29, 1.82) is 5.26 Å². The summed E-state index contributed by atoms with van der Waals surface area (Å²) in [5.41, 5.74) is 2.63. The molecule has 0 spiro atoms. The Bertz CT molecular complexity index is 637. The molecule has 3 nitrogen and oxygen atoms in total. The minimum Gasteiger partial charge on any atom is -0.388 e. The molecule has 1 aliphatic rings.